The molecule has 2 aromatic rings. The molecule has 0 aliphatic rings. The van der Waals surface area contributed by atoms with E-state index in [1.54, 1.807) is 13.2 Å². The van der Waals surface area contributed by atoms with E-state index in [2.05, 4.69) is 0 Å². The summed E-state index contributed by atoms with van der Waals surface area (Å²) in [4.78, 5) is 0. The molecule has 17 heavy (non-hydrogen) atoms. The van der Waals surface area contributed by atoms with Gasteiger partial charge in [-0.3, -0.25) is 0 Å². The molecule has 0 fully saturated rings. The quantitative estimate of drug-likeness (QED) is 0.745. The molecule has 0 N–H and O–H groups in total. The zero-order valence-electron chi connectivity index (χ0n) is 9.63. The van der Waals surface area contributed by atoms with Crippen LogP contribution >= 0.6 is 23.2 Å². The van der Waals surface area contributed by atoms with E-state index in [1.807, 2.05) is 37.3 Å². The third kappa shape index (κ3) is 2.56. The fourth-order valence-electron chi connectivity index (χ4n) is 1.65. The highest BCUT2D eigenvalue weighted by molar-refractivity contribution is 6.36. The van der Waals surface area contributed by atoms with Gasteiger partial charge in [-0.25, -0.2) is 0 Å². The SMILES string of the molecule is COc1ccc(-c2cc(C)c(Cl)cc2Cl)cc1. The van der Waals surface area contributed by atoms with Crippen LogP contribution in [0.2, 0.25) is 10.0 Å². The van der Waals surface area contributed by atoms with Crippen LogP contribution in [0, 0.1) is 6.92 Å². The zero-order chi connectivity index (χ0) is 12.4. The second-order valence-corrected chi connectivity index (χ2v) is 4.62. The van der Waals surface area contributed by atoms with Crippen molar-refractivity contribution in [2.24, 2.45) is 0 Å². The van der Waals surface area contributed by atoms with Crippen LogP contribution in [0.15, 0.2) is 36.4 Å². The maximum absolute atomic E-state index is 6.19. The maximum atomic E-state index is 6.19. The Balaban J connectivity index is 2.48. The number of hydrogen-bond acceptors (Lipinski definition) is 1. The molecule has 0 saturated heterocycles. The topological polar surface area (TPSA) is 9.23 Å². The number of benzene rings is 2. The average Bonchev–Trinajstić information content (AvgIpc) is 2.34. The van der Waals surface area contributed by atoms with Crippen molar-refractivity contribution in [2.75, 3.05) is 7.11 Å². The van der Waals surface area contributed by atoms with Gasteiger partial charge in [-0.2, -0.15) is 0 Å². The molecule has 0 unspecified atom stereocenters. The third-order valence-corrected chi connectivity index (χ3v) is 3.37. The molecule has 0 saturated carbocycles. The van der Waals surface area contributed by atoms with Crippen LogP contribution in [0.3, 0.4) is 0 Å². The summed E-state index contributed by atoms with van der Waals surface area (Å²) < 4.78 is 5.12. The van der Waals surface area contributed by atoms with Crippen molar-refractivity contribution in [1.29, 1.82) is 0 Å². The molecule has 0 aromatic heterocycles. The molecule has 0 heterocycles. The smallest absolute Gasteiger partial charge is 0.118 e. The zero-order valence-corrected chi connectivity index (χ0v) is 11.1. The Morgan fingerprint density at radius 3 is 2.18 bits per heavy atom. The first-order valence-corrected chi connectivity index (χ1v) is 5.97. The predicted molar refractivity (Wildman–Crippen MR) is 73.2 cm³/mol. The normalized spacial score (nSPS) is 10.4. The minimum atomic E-state index is 0.658. The summed E-state index contributed by atoms with van der Waals surface area (Å²) in [5.74, 6) is 0.829. The molecule has 0 radical (unpaired) electrons. The molecule has 0 aliphatic heterocycles. The third-order valence-electron chi connectivity index (χ3n) is 2.65. The second kappa shape index (κ2) is 4.99. The Kier molecular flexibility index (Phi) is 3.60. The van der Waals surface area contributed by atoms with Crippen molar-refractivity contribution in [1.82, 2.24) is 0 Å². The van der Waals surface area contributed by atoms with Crippen LogP contribution in [0.4, 0.5) is 0 Å². The Hall–Kier alpha value is -1.18. The first kappa shape index (κ1) is 12.3. The molecule has 2 aromatic carbocycles. The van der Waals surface area contributed by atoms with E-state index in [1.165, 1.54) is 0 Å². The lowest BCUT2D eigenvalue weighted by Crippen LogP contribution is -1.85. The average molecular weight is 267 g/mol. The van der Waals surface area contributed by atoms with E-state index in [0.29, 0.717) is 10.0 Å². The van der Waals surface area contributed by atoms with E-state index in [9.17, 15) is 0 Å². The van der Waals surface area contributed by atoms with Crippen LogP contribution in [-0.2, 0) is 0 Å². The fraction of sp³-hybridized carbons (Fsp3) is 0.143. The van der Waals surface area contributed by atoms with E-state index in [0.717, 1.165) is 22.4 Å². The molecule has 88 valence electrons. The lowest BCUT2D eigenvalue weighted by molar-refractivity contribution is 0.415. The molecule has 3 heteroatoms. The van der Waals surface area contributed by atoms with Crippen LogP contribution in [0.5, 0.6) is 5.75 Å². The van der Waals surface area contributed by atoms with E-state index in [4.69, 9.17) is 27.9 Å². The van der Waals surface area contributed by atoms with Crippen LogP contribution in [0.25, 0.3) is 11.1 Å². The summed E-state index contributed by atoms with van der Waals surface area (Å²) in [5, 5.41) is 1.35. The number of aryl methyl sites for hydroxylation is 1. The fourth-order valence-corrected chi connectivity index (χ4v) is 2.14. The summed E-state index contributed by atoms with van der Waals surface area (Å²) >= 11 is 12.2. The van der Waals surface area contributed by atoms with Gasteiger partial charge in [-0.05, 0) is 42.3 Å². The Morgan fingerprint density at radius 1 is 0.941 bits per heavy atom. The lowest BCUT2D eigenvalue weighted by Gasteiger charge is -2.08. The molecule has 2 rings (SSSR count). The summed E-state index contributed by atoms with van der Waals surface area (Å²) in [6.07, 6.45) is 0. The van der Waals surface area contributed by atoms with E-state index >= 15 is 0 Å². The van der Waals surface area contributed by atoms with Gasteiger partial charge in [-0.15, -0.1) is 0 Å². The Morgan fingerprint density at radius 2 is 1.59 bits per heavy atom. The van der Waals surface area contributed by atoms with Crippen molar-refractivity contribution < 1.29 is 4.74 Å². The summed E-state index contributed by atoms with van der Waals surface area (Å²) in [7, 11) is 1.65. The van der Waals surface area contributed by atoms with Gasteiger partial charge >= 0.3 is 0 Å². The summed E-state index contributed by atoms with van der Waals surface area (Å²) in [6.45, 7) is 1.96. The van der Waals surface area contributed by atoms with Gasteiger partial charge in [-0.1, -0.05) is 35.3 Å². The molecule has 0 spiro atoms. The van der Waals surface area contributed by atoms with Gasteiger partial charge in [0.15, 0.2) is 0 Å². The van der Waals surface area contributed by atoms with Crippen LogP contribution in [0.1, 0.15) is 5.56 Å². The van der Waals surface area contributed by atoms with E-state index < -0.39 is 0 Å². The first-order chi connectivity index (χ1) is 8.11. The molecule has 1 nitrogen and oxygen atoms in total. The van der Waals surface area contributed by atoms with Crippen molar-refractivity contribution in [3.05, 3.63) is 52.0 Å². The number of methoxy groups -OCH3 is 1. The summed E-state index contributed by atoms with van der Waals surface area (Å²) in [6, 6.07) is 11.6. The summed E-state index contributed by atoms with van der Waals surface area (Å²) in [5.41, 5.74) is 3.05. The highest BCUT2D eigenvalue weighted by Crippen LogP contribution is 2.33. The van der Waals surface area contributed by atoms with Crippen LogP contribution in [-0.4, -0.2) is 7.11 Å². The van der Waals surface area contributed by atoms with E-state index in [-0.39, 0.29) is 0 Å². The number of ether oxygens (including phenoxy) is 1. The maximum Gasteiger partial charge on any atom is 0.118 e. The van der Waals surface area contributed by atoms with Crippen molar-refractivity contribution >= 4 is 23.2 Å². The minimum Gasteiger partial charge on any atom is -0.497 e. The van der Waals surface area contributed by atoms with Gasteiger partial charge in [0.25, 0.3) is 0 Å². The van der Waals surface area contributed by atoms with Crippen molar-refractivity contribution in [3.63, 3.8) is 0 Å². The standard InChI is InChI=1S/C14H12Cl2O/c1-9-7-12(14(16)8-13(9)15)10-3-5-11(17-2)6-4-10/h3-8H,1-2H3. The molecular weight excluding hydrogens is 255 g/mol. The molecule has 0 amide bonds. The largest absolute Gasteiger partial charge is 0.497 e. The number of halogens is 2. The Labute approximate surface area is 111 Å². The number of rotatable bonds is 2. The number of hydrogen-bond donors (Lipinski definition) is 0. The molecule has 0 bridgehead atoms. The van der Waals surface area contributed by atoms with Crippen LogP contribution < -0.4 is 4.74 Å². The molecule has 0 atom stereocenters. The van der Waals surface area contributed by atoms with Gasteiger partial charge in [0.1, 0.15) is 5.75 Å². The molecular formula is C14H12Cl2O. The van der Waals surface area contributed by atoms with Gasteiger partial charge in [0, 0.05) is 15.6 Å². The van der Waals surface area contributed by atoms with Gasteiger partial charge < -0.3 is 4.74 Å². The first-order valence-electron chi connectivity index (χ1n) is 5.22. The van der Waals surface area contributed by atoms with Gasteiger partial charge in [0.2, 0.25) is 0 Å². The minimum absolute atomic E-state index is 0.658. The van der Waals surface area contributed by atoms with Gasteiger partial charge in [0.05, 0.1) is 7.11 Å². The highest BCUT2D eigenvalue weighted by atomic mass is 35.5. The highest BCUT2D eigenvalue weighted by Gasteiger charge is 2.07. The Bertz CT molecular complexity index is 533. The molecule has 0 aliphatic carbocycles. The second-order valence-electron chi connectivity index (χ2n) is 3.81. The monoisotopic (exact) mass is 266 g/mol. The van der Waals surface area contributed by atoms with Crippen molar-refractivity contribution in [3.8, 4) is 16.9 Å². The predicted octanol–water partition coefficient (Wildman–Crippen LogP) is 4.98. The van der Waals surface area contributed by atoms with Crippen molar-refractivity contribution in [2.45, 2.75) is 6.92 Å². The lowest BCUT2D eigenvalue weighted by atomic mass is 10.0.